The van der Waals surface area contributed by atoms with Crippen molar-refractivity contribution in [2.24, 2.45) is 0 Å². The highest BCUT2D eigenvalue weighted by Gasteiger charge is 2.25. The molecule has 0 atom stereocenters. The highest BCUT2D eigenvalue weighted by molar-refractivity contribution is 5.90. The number of aryl methyl sites for hydroxylation is 1. The first kappa shape index (κ1) is 13.5. The van der Waals surface area contributed by atoms with E-state index >= 15 is 0 Å². The van der Waals surface area contributed by atoms with Crippen molar-refractivity contribution in [3.05, 3.63) is 30.1 Å². The smallest absolute Gasteiger partial charge is 0.293 e. The van der Waals surface area contributed by atoms with E-state index in [1.807, 2.05) is 6.92 Å². The van der Waals surface area contributed by atoms with Crippen molar-refractivity contribution in [2.45, 2.75) is 13.3 Å². The molecule has 0 unspecified atom stereocenters. The number of hydrogen-bond acceptors (Lipinski definition) is 6. The summed E-state index contributed by atoms with van der Waals surface area (Å²) in [4.78, 5) is 28.8. The Morgan fingerprint density at radius 3 is 2.57 bits per heavy atom. The number of amides is 1. The number of anilines is 1. The Hall–Kier alpha value is -2.51. The van der Waals surface area contributed by atoms with Crippen LogP contribution >= 0.6 is 0 Å². The maximum absolute atomic E-state index is 12.3. The summed E-state index contributed by atoms with van der Waals surface area (Å²) in [5.41, 5.74) is 0. The fraction of sp³-hybridized carbons (Fsp3) is 0.462. The van der Waals surface area contributed by atoms with Crippen molar-refractivity contribution in [1.82, 2.24) is 30.0 Å². The molecule has 0 bridgehead atoms. The minimum atomic E-state index is -0.125. The van der Waals surface area contributed by atoms with E-state index in [0.717, 1.165) is 12.2 Å². The third-order valence-corrected chi connectivity index (χ3v) is 3.46. The van der Waals surface area contributed by atoms with E-state index < -0.39 is 0 Å². The molecule has 2 aromatic heterocycles. The van der Waals surface area contributed by atoms with Crippen LogP contribution in [0.3, 0.4) is 0 Å². The first-order valence-corrected chi connectivity index (χ1v) is 7.00. The van der Waals surface area contributed by atoms with Gasteiger partial charge < -0.3 is 9.80 Å². The van der Waals surface area contributed by atoms with Gasteiger partial charge in [0.25, 0.3) is 5.91 Å². The van der Waals surface area contributed by atoms with Gasteiger partial charge in [0.2, 0.25) is 11.8 Å². The summed E-state index contributed by atoms with van der Waals surface area (Å²) in [5.74, 6) is 1.56. The van der Waals surface area contributed by atoms with Crippen molar-refractivity contribution >= 4 is 11.9 Å². The van der Waals surface area contributed by atoms with Crippen molar-refractivity contribution < 1.29 is 4.79 Å². The summed E-state index contributed by atoms with van der Waals surface area (Å²) in [6, 6.07) is 1.79. The molecule has 110 valence electrons. The lowest BCUT2D eigenvalue weighted by Gasteiger charge is -2.34. The summed E-state index contributed by atoms with van der Waals surface area (Å²) in [6.45, 7) is 4.62. The van der Waals surface area contributed by atoms with Gasteiger partial charge in [0, 0.05) is 45.0 Å². The predicted molar refractivity (Wildman–Crippen MR) is 75.9 cm³/mol. The maximum atomic E-state index is 12.3. The maximum Gasteiger partial charge on any atom is 0.293 e. The molecule has 8 nitrogen and oxygen atoms in total. The average molecular weight is 287 g/mol. The standard InChI is InChI=1S/C13H17N7O/c1-2-10-16-11(18-17-10)12(21)19-6-8-20(9-7-19)13-14-4-3-5-15-13/h3-5H,2,6-9H2,1H3,(H,16,17,18). The van der Waals surface area contributed by atoms with Crippen molar-refractivity contribution in [2.75, 3.05) is 31.1 Å². The molecule has 3 heterocycles. The van der Waals surface area contributed by atoms with Gasteiger partial charge in [-0.15, -0.1) is 5.10 Å². The Morgan fingerprint density at radius 1 is 1.24 bits per heavy atom. The summed E-state index contributed by atoms with van der Waals surface area (Å²) >= 11 is 0. The zero-order valence-electron chi connectivity index (χ0n) is 11.9. The van der Waals surface area contributed by atoms with Gasteiger partial charge in [-0.25, -0.2) is 15.0 Å². The SMILES string of the molecule is CCc1nc(C(=O)N2CCN(c3ncccn3)CC2)n[nH]1. The number of carbonyl (C=O) groups is 1. The molecule has 1 aliphatic heterocycles. The van der Waals surface area contributed by atoms with Crippen LogP contribution in [0, 0.1) is 0 Å². The van der Waals surface area contributed by atoms with Crippen LogP contribution in [0.4, 0.5) is 5.95 Å². The van der Waals surface area contributed by atoms with E-state index in [1.54, 1.807) is 23.4 Å². The number of hydrogen-bond donors (Lipinski definition) is 1. The Bertz CT molecular complexity index is 604. The first-order valence-electron chi connectivity index (χ1n) is 7.00. The van der Waals surface area contributed by atoms with E-state index in [-0.39, 0.29) is 11.7 Å². The van der Waals surface area contributed by atoms with Crippen molar-refractivity contribution in [3.8, 4) is 0 Å². The lowest BCUT2D eigenvalue weighted by molar-refractivity contribution is 0.0734. The second-order valence-corrected chi connectivity index (χ2v) is 4.79. The molecular formula is C13H17N7O. The van der Waals surface area contributed by atoms with E-state index in [0.29, 0.717) is 32.1 Å². The topological polar surface area (TPSA) is 90.9 Å². The predicted octanol–water partition coefficient (Wildman–Crippen LogP) is 0.119. The number of carbonyl (C=O) groups excluding carboxylic acids is 1. The fourth-order valence-electron chi connectivity index (χ4n) is 2.25. The second kappa shape index (κ2) is 5.86. The van der Waals surface area contributed by atoms with Gasteiger partial charge >= 0.3 is 0 Å². The van der Waals surface area contributed by atoms with Crippen LogP contribution < -0.4 is 4.90 Å². The Morgan fingerprint density at radius 2 is 1.95 bits per heavy atom. The van der Waals surface area contributed by atoms with Crippen LogP contribution in [0.2, 0.25) is 0 Å². The first-order chi connectivity index (χ1) is 10.3. The van der Waals surface area contributed by atoms with Crippen LogP contribution in [0.15, 0.2) is 18.5 Å². The summed E-state index contributed by atoms with van der Waals surface area (Å²) < 4.78 is 0. The van der Waals surface area contributed by atoms with Crippen LogP contribution in [0.25, 0.3) is 0 Å². The van der Waals surface area contributed by atoms with Gasteiger partial charge in [0.05, 0.1) is 0 Å². The van der Waals surface area contributed by atoms with Crippen LogP contribution in [0.5, 0.6) is 0 Å². The number of nitrogens with zero attached hydrogens (tertiary/aromatic N) is 6. The molecular weight excluding hydrogens is 270 g/mol. The van der Waals surface area contributed by atoms with Gasteiger partial charge in [0.1, 0.15) is 5.82 Å². The molecule has 0 spiro atoms. The molecule has 2 aromatic rings. The summed E-state index contributed by atoms with van der Waals surface area (Å²) in [6.07, 6.45) is 4.18. The van der Waals surface area contributed by atoms with Crippen LogP contribution in [0.1, 0.15) is 23.4 Å². The van der Waals surface area contributed by atoms with Gasteiger partial charge in [-0.05, 0) is 6.07 Å². The van der Waals surface area contributed by atoms with Crippen LogP contribution in [-0.2, 0) is 6.42 Å². The summed E-state index contributed by atoms with van der Waals surface area (Å²) in [5, 5.41) is 6.74. The van der Waals surface area contributed by atoms with E-state index in [2.05, 4.69) is 30.0 Å². The van der Waals surface area contributed by atoms with Crippen molar-refractivity contribution in [1.29, 1.82) is 0 Å². The summed E-state index contributed by atoms with van der Waals surface area (Å²) in [7, 11) is 0. The average Bonchev–Trinajstić information content (AvgIpc) is 3.04. The third kappa shape index (κ3) is 2.83. The molecule has 1 aliphatic rings. The normalized spacial score (nSPS) is 15.3. The molecule has 1 N–H and O–H groups in total. The lowest BCUT2D eigenvalue weighted by atomic mass is 10.3. The molecule has 0 saturated carbocycles. The molecule has 1 saturated heterocycles. The Kier molecular flexibility index (Phi) is 3.76. The molecule has 1 fully saturated rings. The molecule has 1 amide bonds. The van der Waals surface area contributed by atoms with E-state index in [1.165, 1.54) is 0 Å². The number of aromatic amines is 1. The van der Waals surface area contributed by atoms with E-state index in [4.69, 9.17) is 0 Å². The zero-order chi connectivity index (χ0) is 14.7. The monoisotopic (exact) mass is 287 g/mol. The highest BCUT2D eigenvalue weighted by Crippen LogP contribution is 2.11. The number of piperazine rings is 1. The second-order valence-electron chi connectivity index (χ2n) is 4.79. The molecule has 0 radical (unpaired) electrons. The molecule has 0 aromatic carbocycles. The number of nitrogens with one attached hydrogen (secondary N) is 1. The quantitative estimate of drug-likeness (QED) is 0.862. The highest BCUT2D eigenvalue weighted by atomic mass is 16.2. The van der Waals surface area contributed by atoms with Gasteiger partial charge in [0.15, 0.2) is 0 Å². The fourth-order valence-corrected chi connectivity index (χ4v) is 2.25. The number of H-pyrrole nitrogens is 1. The van der Waals surface area contributed by atoms with Crippen molar-refractivity contribution in [3.63, 3.8) is 0 Å². The number of rotatable bonds is 3. The lowest BCUT2D eigenvalue weighted by Crippen LogP contribution is -2.49. The molecule has 21 heavy (non-hydrogen) atoms. The minimum absolute atomic E-state index is 0.125. The molecule has 3 rings (SSSR count). The molecule has 0 aliphatic carbocycles. The molecule has 8 heteroatoms. The Labute approximate surface area is 122 Å². The zero-order valence-corrected chi connectivity index (χ0v) is 11.9. The van der Waals surface area contributed by atoms with E-state index in [9.17, 15) is 4.79 Å². The largest absolute Gasteiger partial charge is 0.337 e. The van der Waals surface area contributed by atoms with Gasteiger partial charge in [-0.1, -0.05) is 6.92 Å². The van der Waals surface area contributed by atoms with Gasteiger partial charge in [-0.2, -0.15) is 0 Å². The van der Waals surface area contributed by atoms with Crippen LogP contribution in [-0.4, -0.2) is 62.1 Å². The third-order valence-electron chi connectivity index (χ3n) is 3.46. The Balaban J connectivity index is 1.61. The van der Waals surface area contributed by atoms with Gasteiger partial charge in [-0.3, -0.25) is 9.89 Å². The minimum Gasteiger partial charge on any atom is -0.337 e. The number of aromatic nitrogens is 5.